The minimum Gasteiger partial charge on any atom is -0.481 e. The minimum absolute atomic E-state index is 0.424. The van der Waals surface area contributed by atoms with Gasteiger partial charge in [-0.05, 0) is 12.0 Å². The molecule has 1 N–H and O–H groups in total. The molecule has 0 saturated heterocycles. The molecule has 1 aromatic carbocycles. The van der Waals surface area contributed by atoms with Crippen LogP contribution in [0.2, 0.25) is 0 Å². The maximum atomic E-state index is 11.2. The van der Waals surface area contributed by atoms with Gasteiger partial charge in [0.2, 0.25) is 0 Å². The van der Waals surface area contributed by atoms with Crippen molar-refractivity contribution in [3.05, 3.63) is 54.6 Å². The molecule has 4 heteroatoms. The van der Waals surface area contributed by atoms with Crippen LogP contribution >= 0.6 is 0 Å². The number of rotatable bonds is 5. The van der Waals surface area contributed by atoms with Gasteiger partial charge in [0.25, 0.3) is 0 Å². The first-order valence-electron chi connectivity index (χ1n) is 5.48. The molecule has 1 aromatic heterocycles. The van der Waals surface area contributed by atoms with Crippen LogP contribution in [0.4, 0.5) is 0 Å². The molecule has 1 atom stereocenters. The molecule has 0 radical (unpaired) electrons. The third-order valence-electron chi connectivity index (χ3n) is 2.66. The van der Waals surface area contributed by atoms with Crippen LogP contribution in [-0.2, 0) is 17.8 Å². The van der Waals surface area contributed by atoms with E-state index in [1.807, 2.05) is 30.3 Å². The summed E-state index contributed by atoms with van der Waals surface area (Å²) in [4.78, 5) is 15.1. The Morgan fingerprint density at radius 3 is 2.71 bits per heavy atom. The highest BCUT2D eigenvalue weighted by molar-refractivity contribution is 5.70. The van der Waals surface area contributed by atoms with Crippen LogP contribution in [0.25, 0.3) is 0 Å². The molecule has 1 heterocycles. The highest BCUT2D eigenvalue weighted by Crippen LogP contribution is 2.11. The van der Waals surface area contributed by atoms with Crippen LogP contribution in [0.5, 0.6) is 0 Å². The first-order valence-corrected chi connectivity index (χ1v) is 5.48. The zero-order valence-corrected chi connectivity index (χ0v) is 9.36. The SMILES string of the molecule is O=C(O)[C@H](Cc1ccccc1)Cn1ccnc1. The van der Waals surface area contributed by atoms with Gasteiger partial charge in [-0.15, -0.1) is 0 Å². The fourth-order valence-corrected chi connectivity index (χ4v) is 1.78. The molecule has 0 bridgehead atoms. The molecule has 0 fully saturated rings. The number of nitrogens with zero attached hydrogens (tertiary/aromatic N) is 2. The lowest BCUT2D eigenvalue weighted by Crippen LogP contribution is -2.21. The predicted molar refractivity (Wildman–Crippen MR) is 63.5 cm³/mol. The van der Waals surface area contributed by atoms with Crippen LogP contribution in [0.3, 0.4) is 0 Å². The molecular formula is C13H14N2O2. The number of benzene rings is 1. The smallest absolute Gasteiger partial charge is 0.308 e. The van der Waals surface area contributed by atoms with Crippen molar-refractivity contribution >= 4 is 5.97 Å². The summed E-state index contributed by atoms with van der Waals surface area (Å²) in [6.07, 6.45) is 5.61. The lowest BCUT2D eigenvalue weighted by atomic mass is 9.99. The van der Waals surface area contributed by atoms with E-state index in [1.165, 1.54) is 0 Å². The van der Waals surface area contributed by atoms with Crippen molar-refractivity contribution in [1.82, 2.24) is 9.55 Å². The first kappa shape index (κ1) is 11.4. The Morgan fingerprint density at radius 1 is 1.35 bits per heavy atom. The van der Waals surface area contributed by atoms with Gasteiger partial charge in [0, 0.05) is 18.9 Å². The summed E-state index contributed by atoms with van der Waals surface area (Å²) in [5.41, 5.74) is 1.04. The average molecular weight is 230 g/mol. The molecule has 0 unspecified atom stereocenters. The van der Waals surface area contributed by atoms with E-state index < -0.39 is 11.9 Å². The van der Waals surface area contributed by atoms with Crippen molar-refractivity contribution in [2.24, 2.45) is 5.92 Å². The number of carbonyl (C=O) groups is 1. The third kappa shape index (κ3) is 3.17. The molecule has 0 aliphatic heterocycles. The molecule has 4 nitrogen and oxygen atoms in total. The number of carboxylic acid groups (broad SMARTS) is 1. The summed E-state index contributed by atoms with van der Waals surface area (Å²) in [5, 5.41) is 9.20. The Labute approximate surface area is 99.5 Å². The summed E-state index contributed by atoms with van der Waals surface area (Å²) in [5.74, 6) is -1.20. The van der Waals surface area contributed by atoms with Crippen molar-refractivity contribution in [2.45, 2.75) is 13.0 Å². The highest BCUT2D eigenvalue weighted by Gasteiger charge is 2.18. The van der Waals surface area contributed by atoms with Crippen molar-refractivity contribution in [1.29, 1.82) is 0 Å². The maximum Gasteiger partial charge on any atom is 0.308 e. The fourth-order valence-electron chi connectivity index (χ4n) is 1.78. The van der Waals surface area contributed by atoms with Gasteiger partial charge in [-0.2, -0.15) is 0 Å². The van der Waals surface area contributed by atoms with E-state index >= 15 is 0 Å². The molecule has 2 rings (SSSR count). The number of imidazole rings is 1. The molecule has 0 saturated carbocycles. The van der Waals surface area contributed by atoms with Crippen LogP contribution in [0.15, 0.2) is 49.1 Å². The Kier molecular flexibility index (Phi) is 3.55. The van der Waals surface area contributed by atoms with Crippen molar-refractivity contribution in [3.8, 4) is 0 Å². The minimum atomic E-state index is -0.775. The number of hydrogen-bond acceptors (Lipinski definition) is 2. The monoisotopic (exact) mass is 230 g/mol. The Bertz CT molecular complexity index is 465. The summed E-state index contributed by atoms with van der Waals surface area (Å²) in [6.45, 7) is 0.449. The molecule has 0 spiro atoms. The van der Waals surface area contributed by atoms with E-state index in [0.717, 1.165) is 5.56 Å². The summed E-state index contributed by atoms with van der Waals surface area (Å²) in [7, 11) is 0. The van der Waals surface area contributed by atoms with Crippen LogP contribution in [0.1, 0.15) is 5.56 Å². The highest BCUT2D eigenvalue weighted by atomic mass is 16.4. The third-order valence-corrected chi connectivity index (χ3v) is 2.66. The number of hydrogen-bond donors (Lipinski definition) is 1. The molecule has 17 heavy (non-hydrogen) atoms. The summed E-state index contributed by atoms with van der Waals surface area (Å²) in [6, 6.07) is 9.67. The Hall–Kier alpha value is -2.10. The van der Waals surface area contributed by atoms with E-state index in [2.05, 4.69) is 4.98 Å². The van der Waals surface area contributed by atoms with Crippen molar-refractivity contribution in [2.75, 3.05) is 0 Å². The van der Waals surface area contributed by atoms with E-state index in [4.69, 9.17) is 0 Å². The zero-order chi connectivity index (χ0) is 12.1. The topological polar surface area (TPSA) is 55.1 Å². The van der Waals surface area contributed by atoms with Gasteiger partial charge in [0.05, 0.1) is 12.2 Å². The second-order valence-corrected chi connectivity index (χ2v) is 3.98. The number of aromatic nitrogens is 2. The van der Waals surface area contributed by atoms with Gasteiger partial charge in [-0.1, -0.05) is 30.3 Å². The molecule has 2 aromatic rings. The maximum absolute atomic E-state index is 11.2. The van der Waals surface area contributed by atoms with Gasteiger partial charge in [0.15, 0.2) is 0 Å². The standard InChI is InChI=1S/C13H14N2O2/c16-13(17)12(9-15-7-6-14-10-15)8-11-4-2-1-3-5-11/h1-7,10,12H,8-9H2,(H,16,17)/t12-/m1/s1. The van der Waals surface area contributed by atoms with Gasteiger partial charge < -0.3 is 9.67 Å². The fraction of sp³-hybridized carbons (Fsp3) is 0.231. The lowest BCUT2D eigenvalue weighted by Gasteiger charge is -2.12. The van der Waals surface area contributed by atoms with Gasteiger partial charge in [0.1, 0.15) is 0 Å². The van der Waals surface area contributed by atoms with Crippen LogP contribution in [-0.4, -0.2) is 20.6 Å². The van der Waals surface area contributed by atoms with E-state index in [-0.39, 0.29) is 0 Å². The Morgan fingerprint density at radius 2 is 2.12 bits per heavy atom. The normalized spacial score (nSPS) is 12.2. The second kappa shape index (κ2) is 5.30. The van der Waals surface area contributed by atoms with E-state index in [1.54, 1.807) is 23.3 Å². The number of carboxylic acids is 1. The van der Waals surface area contributed by atoms with Gasteiger partial charge in [-0.25, -0.2) is 4.98 Å². The second-order valence-electron chi connectivity index (χ2n) is 3.98. The molecule has 0 aliphatic rings. The largest absolute Gasteiger partial charge is 0.481 e. The summed E-state index contributed by atoms with van der Waals surface area (Å²) < 4.78 is 1.79. The quantitative estimate of drug-likeness (QED) is 0.852. The lowest BCUT2D eigenvalue weighted by molar-refractivity contribution is -0.142. The number of aliphatic carboxylic acids is 1. The predicted octanol–water partition coefficient (Wildman–Crippen LogP) is 1.83. The molecule has 0 amide bonds. The van der Waals surface area contributed by atoms with E-state index in [9.17, 15) is 9.90 Å². The van der Waals surface area contributed by atoms with E-state index in [0.29, 0.717) is 13.0 Å². The van der Waals surface area contributed by atoms with Crippen LogP contribution in [0, 0.1) is 5.92 Å². The molecular weight excluding hydrogens is 216 g/mol. The van der Waals surface area contributed by atoms with Gasteiger partial charge >= 0.3 is 5.97 Å². The average Bonchev–Trinajstić information content (AvgIpc) is 2.82. The molecule has 88 valence electrons. The van der Waals surface area contributed by atoms with Crippen LogP contribution < -0.4 is 0 Å². The first-order chi connectivity index (χ1) is 8.25. The van der Waals surface area contributed by atoms with Crippen molar-refractivity contribution < 1.29 is 9.90 Å². The van der Waals surface area contributed by atoms with Crippen molar-refractivity contribution in [3.63, 3.8) is 0 Å². The Balaban J connectivity index is 2.06. The molecule has 0 aliphatic carbocycles. The zero-order valence-electron chi connectivity index (χ0n) is 9.36. The summed E-state index contributed by atoms with van der Waals surface area (Å²) >= 11 is 0. The van der Waals surface area contributed by atoms with Gasteiger partial charge in [-0.3, -0.25) is 4.79 Å².